The Hall–Kier alpha value is -1.80. The maximum atomic E-state index is 5.89. The number of fused-ring (bicyclic) bond motifs is 1. The van der Waals surface area contributed by atoms with Gasteiger partial charge in [-0.2, -0.15) is 0 Å². The van der Waals surface area contributed by atoms with E-state index in [1.54, 1.807) is 0 Å². The van der Waals surface area contributed by atoms with Crippen LogP contribution in [0.5, 0.6) is 5.75 Å². The smallest absolute Gasteiger partial charge is 0.124 e. The van der Waals surface area contributed by atoms with Gasteiger partial charge in [-0.3, -0.25) is 0 Å². The molecule has 0 aliphatic rings. The van der Waals surface area contributed by atoms with Gasteiger partial charge in [0.2, 0.25) is 0 Å². The second-order valence-corrected chi connectivity index (χ2v) is 4.82. The molecule has 0 radical (unpaired) electrons. The standard InChI is InChI=1S/C18H23NO/c1-3-5-13-20-18-11-10-15-8-6-7-9-16(15)17(18)14-19-12-4-2/h3,5-11,19H,4,12-14H2,1-2H3/b5-3+. The fraction of sp³-hybridized carbons (Fsp3) is 0.333. The highest BCUT2D eigenvalue weighted by molar-refractivity contribution is 5.87. The van der Waals surface area contributed by atoms with Gasteiger partial charge in [-0.05, 0) is 36.7 Å². The molecule has 0 saturated carbocycles. The van der Waals surface area contributed by atoms with Gasteiger partial charge in [0.15, 0.2) is 0 Å². The van der Waals surface area contributed by atoms with Crippen LogP contribution in [0.1, 0.15) is 25.8 Å². The third-order valence-electron chi connectivity index (χ3n) is 3.30. The van der Waals surface area contributed by atoms with Crippen molar-refractivity contribution in [2.45, 2.75) is 26.8 Å². The van der Waals surface area contributed by atoms with Gasteiger partial charge < -0.3 is 10.1 Å². The highest BCUT2D eigenvalue weighted by Gasteiger charge is 2.08. The molecule has 2 nitrogen and oxygen atoms in total. The molecule has 0 amide bonds. The Balaban J connectivity index is 2.31. The van der Waals surface area contributed by atoms with Crippen molar-refractivity contribution in [2.24, 2.45) is 0 Å². The summed E-state index contributed by atoms with van der Waals surface area (Å²) in [5, 5.41) is 6.01. The Bertz CT molecular complexity index is 575. The number of ether oxygens (including phenoxy) is 1. The van der Waals surface area contributed by atoms with Crippen LogP contribution < -0.4 is 10.1 Å². The summed E-state index contributed by atoms with van der Waals surface area (Å²) < 4.78 is 5.89. The second kappa shape index (κ2) is 7.71. The molecule has 0 aliphatic carbocycles. The minimum absolute atomic E-state index is 0.621. The molecular formula is C18H23NO. The molecule has 2 rings (SSSR count). The largest absolute Gasteiger partial charge is 0.489 e. The molecule has 106 valence electrons. The third-order valence-corrected chi connectivity index (χ3v) is 3.30. The first kappa shape index (κ1) is 14.6. The van der Waals surface area contributed by atoms with Gasteiger partial charge in [-0.15, -0.1) is 0 Å². The van der Waals surface area contributed by atoms with E-state index in [9.17, 15) is 0 Å². The van der Waals surface area contributed by atoms with Gasteiger partial charge in [0.1, 0.15) is 12.4 Å². The molecule has 2 aromatic rings. The summed E-state index contributed by atoms with van der Waals surface area (Å²) in [6.45, 7) is 6.68. The van der Waals surface area contributed by atoms with Crippen molar-refractivity contribution in [1.29, 1.82) is 0 Å². The molecule has 0 unspecified atom stereocenters. The van der Waals surface area contributed by atoms with Crippen molar-refractivity contribution in [2.75, 3.05) is 13.2 Å². The van der Waals surface area contributed by atoms with Crippen molar-refractivity contribution in [3.8, 4) is 5.75 Å². The lowest BCUT2D eigenvalue weighted by Crippen LogP contribution is -2.15. The van der Waals surface area contributed by atoms with Crippen LogP contribution in [0, 0.1) is 0 Å². The van der Waals surface area contributed by atoms with E-state index < -0.39 is 0 Å². The lowest BCUT2D eigenvalue weighted by atomic mass is 10.0. The van der Waals surface area contributed by atoms with Crippen molar-refractivity contribution in [3.05, 3.63) is 54.1 Å². The highest BCUT2D eigenvalue weighted by Crippen LogP contribution is 2.28. The van der Waals surface area contributed by atoms with E-state index in [0.717, 1.165) is 25.3 Å². The summed E-state index contributed by atoms with van der Waals surface area (Å²) in [5.74, 6) is 0.977. The Labute approximate surface area is 121 Å². The fourth-order valence-corrected chi connectivity index (χ4v) is 2.26. The molecular weight excluding hydrogens is 246 g/mol. The molecule has 20 heavy (non-hydrogen) atoms. The number of rotatable bonds is 7. The minimum atomic E-state index is 0.621. The summed E-state index contributed by atoms with van der Waals surface area (Å²) in [6.07, 6.45) is 5.17. The van der Waals surface area contributed by atoms with Crippen LogP contribution in [0.3, 0.4) is 0 Å². The topological polar surface area (TPSA) is 21.3 Å². The average molecular weight is 269 g/mol. The van der Waals surface area contributed by atoms with Crippen LogP contribution >= 0.6 is 0 Å². The lowest BCUT2D eigenvalue weighted by Gasteiger charge is -2.14. The van der Waals surface area contributed by atoms with E-state index >= 15 is 0 Å². The second-order valence-electron chi connectivity index (χ2n) is 4.82. The Morgan fingerprint density at radius 3 is 2.80 bits per heavy atom. The molecule has 0 bridgehead atoms. The van der Waals surface area contributed by atoms with Gasteiger partial charge in [0, 0.05) is 12.1 Å². The predicted octanol–water partition coefficient (Wildman–Crippen LogP) is 4.29. The zero-order valence-corrected chi connectivity index (χ0v) is 12.4. The SMILES string of the molecule is C/C=C/COc1ccc2ccccc2c1CNCCC. The van der Waals surface area contributed by atoms with Crippen LogP contribution in [0.15, 0.2) is 48.6 Å². The normalized spacial score (nSPS) is 11.3. The number of benzene rings is 2. The van der Waals surface area contributed by atoms with E-state index in [-0.39, 0.29) is 0 Å². The van der Waals surface area contributed by atoms with Gasteiger partial charge in [-0.25, -0.2) is 0 Å². The number of nitrogens with one attached hydrogen (secondary N) is 1. The molecule has 2 aromatic carbocycles. The van der Waals surface area contributed by atoms with Crippen molar-refractivity contribution in [3.63, 3.8) is 0 Å². The monoisotopic (exact) mass is 269 g/mol. The molecule has 0 saturated heterocycles. The van der Waals surface area contributed by atoms with Crippen molar-refractivity contribution in [1.82, 2.24) is 5.32 Å². The van der Waals surface area contributed by atoms with E-state index in [4.69, 9.17) is 4.74 Å². The molecule has 0 aromatic heterocycles. The van der Waals surface area contributed by atoms with Gasteiger partial charge >= 0.3 is 0 Å². The molecule has 0 heterocycles. The van der Waals surface area contributed by atoms with E-state index in [1.165, 1.54) is 16.3 Å². The molecule has 0 atom stereocenters. The predicted molar refractivity (Wildman–Crippen MR) is 86.3 cm³/mol. The summed E-state index contributed by atoms with van der Waals surface area (Å²) in [6, 6.07) is 12.7. The summed E-state index contributed by atoms with van der Waals surface area (Å²) in [4.78, 5) is 0. The summed E-state index contributed by atoms with van der Waals surface area (Å²) in [7, 11) is 0. The maximum absolute atomic E-state index is 5.89. The van der Waals surface area contributed by atoms with E-state index in [1.807, 2.05) is 19.1 Å². The average Bonchev–Trinajstić information content (AvgIpc) is 2.49. The number of allylic oxidation sites excluding steroid dienone is 1. The Morgan fingerprint density at radius 2 is 2.00 bits per heavy atom. The molecule has 1 N–H and O–H groups in total. The van der Waals surface area contributed by atoms with E-state index in [2.05, 4.69) is 48.6 Å². The summed E-state index contributed by atoms with van der Waals surface area (Å²) >= 11 is 0. The first-order chi connectivity index (χ1) is 9.86. The minimum Gasteiger partial charge on any atom is -0.489 e. The third kappa shape index (κ3) is 3.61. The fourth-order valence-electron chi connectivity index (χ4n) is 2.26. The van der Waals surface area contributed by atoms with Gasteiger partial charge in [0.05, 0.1) is 0 Å². The Morgan fingerprint density at radius 1 is 1.15 bits per heavy atom. The van der Waals surface area contributed by atoms with Gasteiger partial charge in [0.25, 0.3) is 0 Å². The van der Waals surface area contributed by atoms with Crippen molar-refractivity contribution >= 4 is 10.8 Å². The number of hydrogen-bond donors (Lipinski definition) is 1. The van der Waals surface area contributed by atoms with Crippen molar-refractivity contribution < 1.29 is 4.74 Å². The first-order valence-corrected chi connectivity index (χ1v) is 7.32. The Kier molecular flexibility index (Phi) is 5.63. The van der Waals surface area contributed by atoms with Crippen LogP contribution in [-0.4, -0.2) is 13.2 Å². The maximum Gasteiger partial charge on any atom is 0.124 e. The van der Waals surface area contributed by atoms with Crippen LogP contribution in [0.25, 0.3) is 10.8 Å². The highest BCUT2D eigenvalue weighted by atomic mass is 16.5. The lowest BCUT2D eigenvalue weighted by molar-refractivity contribution is 0.358. The van der Waals surface area contributed by atoms with E-state index in [0.29, 0.717) is 6.61 Å². The zero-order chi connectivity index (χ0) is 14.2. The zero-order valence-electron chi connectivity index (χ0n) is 12.4. The molecule has 0 aliphatic heterocycles. The quantitative estimate of drug-likeness (QED) is 0.598. The van der Waals surface area contributed by atoms with Crippen LogP contribution in [-0.2, 0) is 6.54 Å². The van der Waals surface area contributed by atoms with Crippen LogP contribution in [0.4, 0.5) is 0 Å². The first-order valence-electron chi connectivity index (χ1n) is 7.32. The van der Waals surface area contributed by atoms with Gasteiger partial charge in [-0.1, -0.05) is 49.4 Å². The molecule has 0 spiro atoms. The summed E-state index contributed by atoms with van der Waals surface area (Å²) in [5.41, 5.74) is 1.25. The van der Waals surface area contributed by atoms with Crippen LogP contribution in [0.2, 0.25) is 0 Å². The number of hydrogen-bond acceptors (Lipinski definition) is 2. The molecule has 0 fully saturated rings. The molecule has 2 heteroatoms.